The van der Waals surface area contributed by atoms with E-state index in [4.69, 9.17) is 5.73 Å². The second-order valence-electron chi connectivity index (χ2n) is 13.0. The van der Waals surface area contributed by atoms with Crippen molar-refractivity contribution in [3.8, 4) is 0 Å². The number of aliphatic hydroxyl groups excluding tert-OH is 3. The van der Waals surface area contributed by atoms with Crippen LogP contribution in [-0.4, -0.2) is 39.7 Å². The van der Waals surface area contributed by atoms with E-state index in [9.17, 15) is 15.3 Å². The SMILES string of the molecule is CC(C)C(N)CC[C@@H](C)[C@H]1CC[C@H]2[C@@H]3C(O)CC4CC(O)CC[C@]4(C)[C@H]3CC(O)[C@]12C. The van der Waals surface area contributed by atoms with Crippen molar-refractivity contribution in [2.24, 2.45) is 58.0 Å². The summed E-state index contributed by atoms with van der Waals surface area (Å²) in [6.07, 6.45) is 8.11. The van der Waals surface area contributed by atoms with Crippen LogP contribution in [0.2, 0.25) is 0 Å². The molecule has 0 aromatic rings. The first-order chi connectivity index (χ1) is 14.5. The van der Waals surface area contributed by atoms with Gasteiger partial charge in [-0.3, -0.25) is 0 Å². The molecule has 5 N–H and O–H groups in total. The molecule has 0 aromatic carbocycles. The van der Waals surface area contributed by atoms with Gasteiger partial charge in [0.2, 0.25) is 0 Å². The Kier molecular flexibility index (Phi) is 6.62. The molecule has 0 saturated heterocycles. The quantitative estimate of drug-likeness (QED) is 0.517. The van der Waals surface area contributed by atoms with Gasteiger partial charge in [-0.15, -0.1) is 0 Å². The van der Waals surface area contributed by atoms with Gasteiger partial charge in [-0.2, -0.15) is 0 Å². The van der Waals surface area contributed by atoms with Gasteiger partial charge in [0.15, 0.2) is 0 Å². The zero-order valence-corrected chi connectivity index (χ0v) is 20.6. The lowest BCUT2D eigenvalue weighted by Crippen LogP contribution is -2.62. The van der Waals surface area contributed by atoms with Crippen molar-refractivity contribution in [1.82, 2.24) is 0 Å². The van der Waals surface area contributed by atoms with Gasteiger partial charge < -0.3 is 21.1 Å². The molecule has 0 bridgehead atoms. The van der Waals surface area contributed by atoms with Crippen molar-refractivity contribution in [3.63, 3.8) is 0 Å². The summed E-state index contributed by atoms with van der Waals surface area (Å²) < 4.78 is 0. The van der Waals surface area contributed by atoms with Crippen molar-refractivity contribution < 1.29 is 15.3 Å². The molecule has 4 aliphatic carbocycles. The normalized spacial score (nSPS) is 51.7. The number of aliphatic hydroxyl groups is 3. The van der Waals surface area contributed by atoms with Crippen LogP contribution in [0.4, 0.5) is 0 Å². The largest absolute Gasteiger partial charge is 0.393 e. The topological polar surface area (TPSA) is 86.7 Å². The van der Waals surface area contributed by atoms with Crippen LogP contribution in [0.25, 0.3) is 0 Å². The van der Waals surface area contributed by atoms with Crippen LogP contribution in [0.1, 0.15) is 92.4 Å². The van der Waals surface area contributed by atoms with E-state index in [1.54, 1.807) is 0 Å². The van der Waals surface area contributed by atoms with Crippen molar-refractivity contribution in [2.75, 3.05) is 0 Å². The molecule has 4 nitrogen and oxygen atoms in total. The van der Waals surface area contributed by atoms with Gasteiger partial charge in [0.1, 0.15) is 0 Å². The third-order valence-corrected chi connectivity index (χ3v) is 11.3. The molecule has 5 unspecified atom stereocenters. The molecule has 4 aliphatic rings. The predicted molar refractivity (Wildman–Crippen MR) is 125 cm³/mol. The molecule has 4 rings (SSSR count). The van der Waals surface area contributed by atoms with Crippen LogP contribution in [-0.2, 0) is 0 Å². The zero-order chi connectivity index (χ0) is 22.7. The van der Waals surface area contributed by atoms with Crippen LogP contribution < -0.4 is 5.73 Å². The van der Waals surface area contributed by atoms with E-state index in [0.29, 0.717) is 41.4 Å². The van der Waals surface area contributed by atoms with Crippen LogP contribution in [0.5, 0.6) is 0 Å². The second-order valence-corrected chi connectivity index (χ2v) is 13.0. The Balaban J connectivity index is 1.55. The molecule has 0 aromatic heterocycles. The van der Waals surface area contributed by atoms with Crippen molar-refractivity contribution in [3.05, 3.63) is 0 Å². The van der Waals surface area contributed by atoms with Gasteiger partial charge in [0, 0.05) is 6.04 Å². The Morgan fingerprint density at radius 3 is 2.29 bits per heavy atom. The van der Waals surface area contributed by atoms with Crippen molar-refractivity contribution >= 4 is 0 Å². The summed E-state index contributed by atoms with van der Waals surface area (Å²) in [6, 6.07) is 0.256. The maximum absolute atomic E-state index is 11.6. The highest BCUT2D eigenvalue weighted by Crippen LogP contribution is 2.68. The molecule has 0 heterocycles. The Bertz CT molecular complexity index is 640. The van der Waals surface area contributed by atoms with Gasteiger partial charge in [-0.25, -0.2) is 0 Å². The third kappa shape index (κ3) is 3.82. The van der Waals surface area contributed by atoms with Crippen LogP contribution in [0.3, 0.4) is 0 Å². The molecule has 4 fully saturated rings. The molecule has 31 heavy (non-hydrogen) atoms. The van der Waals surface area contributed by atoms with Gasteiger partial charge >= 0.3 is 0 Å². The number of hydrogen-bond donors (Lipinski definition) is 4. The smallest absolute Gasteiger partial charge is 0.0602 e. The highest BCUT2D eigenvalue weighted by atomic mass is 16.3. The summed E-state index contributed by atoms with van der Waals surface area (Å²) in [5.74, 6) is 3.06. The monoisotopic (exact) mass is 435 g/mol. The minimum Gasteiger partial charge on any atom is -0.393 e. The average molecular weight is 436 g/mol. The molecule has 0 radical (unpaired) electrons. The van der Waals surface area contributed by atoms with Gasteiger partial charge in [-0.05, 0) is 110 Å². The molecule has 0 spiro atoms. The summed E-state index contributed by atoms with van der Waals surface area (Å²) in [5.41, 5.74) is 6.40. The summed E-state index contributed by atoms with van der Waals surface area (Å²) in [4.78, 5) is 0. The Hall–Kier alpha value is -0.160. The number of rotatable bonds is 5. The maximum atomic E-state index is 11.6. The molecule has 4 saturated carbocycles. The van der Waals surface area contributed by atoms with Crippen molar-refractivity contribution in [1.29, 1.82) is 0 Å². The van der Waals surface area contributed by atoms with Crippen LogP contribution in [0, 0.1) is 52.3 Å². The van der Waals surface area contributed by atoms with Crippen molar-refractivity contribution in [2.45, 2.75) is 117 Å². The summed E-state index contributed by atoms with van der Waals surface area (Å²) in [6.45, 7) is 11.5. The van der Waals surface area contributed by atoms with E-state index in [1.165, 1.54) is 6.42 Å². The van der Waals surface area contributed by atoms with E-state index >= 15 is 0 Å². The average Bonchev–Trinajstić information content (AvgIpc) is 3.06. The first-order valence-corrected chi connectivity index (χ1v) is 13.3. The second kappa shape index (κ2) is 8.56. The Labute approximate surface area is 190 Å². The van der Waals surface area contributed by atoms with E-state index in [1.807, 2.05) is 0 Å². The van der Waals surface area contributed by atoms with E-state index in [0.717, 1.165) is 51.4 Å². The Morgan fingerprint density at radius 2 is 1.61 bits per heavy atom. The molecule has 0 aliphatic heterocycles. The first kappa shape index (κ1) is 24.0. The first-order valence-electron chi connectivity index (χ1n) is 13.3. The predicted octanol–water partition coefficient (Wildman–Crippen LogP) is 4.35. The molecular weight excluding hydrogens is 386 g/mol. The summed E-state index contributed by atoms with van der Waals surface area (Å²) >= 11 is 0. The van der Waals surface area contributed by atoms with E-state index in [2.05, 4.69) is 34.6 Å². The maximum Gasteiger partial charge on any atom is 0.0602 e. The highest BCUT2D eigenvalue weighted by Gasteiger charge is 2.65. The highest BCUT2D eigenvalue weighted by molar-refractivity contribution is 5.14. The zero-order valence-electron chi connectivity index (χ0n) is 20.6. The van der Waals surface area contributed by atoms with E-state index < -0.39 is 0 Å². The fourth-order valence-corrected chi connectivity index (χ4v) is 9.12. The lowest BCUT2D eigenvalue weighted by Gasteiger charge is -2.63. The summed E-state index contributed by atoms with van der Waals surface area (Å²) in [7, 11) is 0. The summed E-state index contributed by atoms with van der Waals surface area (Å²) in [5, 5.41) is 33.3. The minimum atomic E-state index is -0.290. The fraction of sp³-hybridized carbons (Fsp3) is 1.00. The third-order valence-electron chi connectivity index (χ3n) is 11.3. The lowest BCUT2D eigenvalue weighted by molar-refractivity contribution is -0.207. The Morgan fingerprint density at radius 1 is 0.903 bits per heavy atom. The van der Waals surface area contributed by atoms with Gasteiger partial charge in [0.25, 0.3) is 0 Å². The molecular formula is C27H49NO3. The van der Waals surface area contributed by atoms with Gasteiger partial charge in [-0.1, -0.05) is 34.6 Å². The number of nitrogens with two attached hydrogens (primary N) is 1. The molecule has 4 heteroatoms. The van der Waals surface area contributed by atoms with Crippen LogP contribution >= 0.6 is 0 Å². The number of fused-ring (bicyclic) bond motifs is 5. The molecule has 180 valence electrons. The van der Waals surface area contributed by atoms with Gasteiger partial charge in [0.05, 0.1) is 18.3 Å². The fourth-order valence-electron chi connectivity index (χ4n) is 9.12. The molecule has 12 atom stereocenters. The number of hydrogen-bond acceptors (Lipinski definition) is 4. The lowest BCUT2D eigenvalue weighted by atomic mass is 9.43. The van der Waals surface area contributed by atoms with E-state index in [-0.39, 0.29) is 35.2 Å². The van der Waals surface area contributed by atoms with Crippen LogP contribution in [0.15, 0.2) is 0 Å². The standard InChI is InChI=1S/C27H49NO3/c1-15(2)22(28)9-6-16(3)19-7-8-20-25-21(14-24(31)27(19,20)5)26(4)11-10-18(29)12-17(26)13-23(25)30/h15-25,29-31H,6-14,28H2,1-5H3/t16-,17?,18?,19-,20+,21+,22?,23?,24?,25+,26+,27-/m1/s1. The minimum absolute atomic E-state index is 0.0964. The molecule has 0 amide bonds.